The minimum absolute atomic E-state index is 0. The zero-order valence-corrected chi connectivity index (χ0v) is 20.7. The van der Waals surface area contributed by atoms with Gasteiger partial charge in [-0.15, -0.1) is 0 Å². The molecule has 0 N–H and O–H groups in total. The number of hydrogen-bond acceptors (Lipinski definition) is 1. The van der Waals surface area contributed by atoms with Gasteiger partial charge in [-0.1, -0.05) is 41.4 Å². The van der Waals surface area contributed by atoms with Gasteiger partial charge in [0.2, 0.25) is 0 Å². The monoisotopic (exact) mass is 491 g/mol. The molecule has 0 atom stereocenters. The van der Waals surface area contributed by atoms with E-state index in [1.165, 1.54) is 12.2 Å². The first-order chi connectivity index (χ1) is 15.0. The van der Waals surface area contributed by atoms with Gasteiger partial charge in [0, 0.05) is 23.7 Å². The number of imidazole rings is 1. The number of para-hydroxylation sites is 1. The van der Waals surface area contributed by atoms with E-state index in [1.54, 1.807) is 0 Å². The van der Waals surface area contributed by atoms with E-state index < -0.39 is 0 Å². The van der Waals surface area contributed by atoms with Crippen LogP contribution in [0.3, 0.4) is 0 Å². The van der Waals surface area contributed by atoms with Crippen LogP contribution in [0.4, 0.5) is 5.69 Å². The lowest BCUT2D eigenvalue weighted by atomic mass is 10.1. The van der Waals surface area contributed by atoms with Crippen LogP contribution in [0.25, 0.3) is 11.3 Å². The first-order valence-electron chi connectivity index (χ1n) is 10.9. The zero-order chi connectivity index (χ0) is 22.0. The summed E-state index contributed by atoms with van der Waals surface area (Å²) in [6.07, 6.45) is 6.51. The minimum atomic E-state index is 0. The summed E-state index contributed by atoms with van der Waals surface area (Å²) in [5.41, 5.74) is 3.03. The number of fused-ring (bicyclic) bond motifs is 1. The molecule has 0 aliphatic carbocycles. The average Bonchev–Trinajstić information content (AvgIpc) is 2.91. The van der Waals surface area contributed by atoms with Gasteiger partial charge in [0.15, 0.2) is 12.2 Å². The molecule has 3 aromatic rings. The van der Waals surface area contributed by atoms with Gasteiger partial charge in [-0.3, -0.25) is 4.79 Å². The SMILES string of the molecule is CC(C)N(C(=O)C[n+]1cc(-c2ccc(Cl)c(Cl)c2)n2c1CCCCC2)c1ccccc1.[Cl-]. The van der Waals surface area contributed by atoms with Crippen LogP contribution < -0.4 is 21.9 Å². The van der Waals surface area contributed by atoms with Crippen molar-refractivity contribution in [1.29, 1.82) is 0 Å². The van der Waals surface area contributed by atoms with Gasteiger partial charge >= 0.3 is 0 Å². The number of nitrogens with zero attached hydrogens (tertiary/aromatic N) is 3. The summed E-state index contributed by atoms with van der Waals surface area (Å²) in [6, 6.07) is 15.7. The molecular weight excluding hydrogens is 465 g/mol. The van der Waals surface area contributed by atoms with Crippen molar-refractivity contribution in [2.45, 2.75) is 58.7 Å². The van der Waals surface area contributed by atoms with Crippen LogP contribution in [-0.4, -0.2) is 16.5 Å². The fourth-order valence-electron chi connectivity index (χ4n) is 4.41. The van der Waals surface area contributed by atoms with Gasteiger partial charge in [0.05, 0.1) is 16.6 Å². The van der Waals surface area contributed by atoms with Gasteiger partial charge in [0.25, 0.3) is 11.7 Å². The lowest BCUT2D eigenvalue weighted by Crippen LogP contribution is -3.00. The third-order valence-corrected chi connectivity index (χ3v) is 6.57. The van der Waals surface area contributed by atoms with Crippen LogP contribution in [0.2, 0.25) is 10.0 Å². The van der Waals surface area contributed by atoms with Crippen molar-refractivity contribution in [3.8, 4) is 11.3 Å². The topological polar surface area (TPSA) is 29.1 Å². The van der Waals surface area contributed by atoms with Crippen molar-refractivity contribution >= 4 is 34.8 Å². The highest BCUT2D eigenvalue weighted by Gasteiger charge is 2.29. The summed E-state index contributed by atoms with van der Waals surface area (Å²) in [4.78, 5) is 15.3. The van der Waals surface area contributed by atoms with Crippen LogP contribution >= 0.6 is 23.2 Å². The van der Waals surface area contributed by atoms with E-state index in [4.69, 9.17) is 23.2 Å². The Bertz CT molecular complexity index is 1080. The van der Waals surface area contributed by atoms with Gasteiger partial charge in [-0.2, -0.15) is 0 Å². The molecule has 170 valence electrons. The van der Waals surface area contributed by atoms with E-state index >= 15 is 0 Å². The number of carbonyl (C=O) groups is 1. The van der Waals surface area contributed by atoms with Crippen LogP contribution in [0, 0.1) is 0 Å². The van der Waals surface area contributed by atoms with Crippen molar-refractivity contribution in [1.82, 2.24) is 4.57 Å². The molecule has 1 aliphatic rings. The molecule has 2 heterocycles. The lowest BCUT2D eigenvalue weighted by Gasteiger charge is -2.26. The molecule has 4 rings (SSSR count). The van der Waals surface area contributed by atoms with E-state index in [1.807, 2.05) is 53.4 Å². The van der Waals surface area contributed by atoms with E-state index in [0.29, 0.717) is 16.6 Å². The van der Waals surface area contributed by atoms with E-state index in [2.05, 4.69) is 29.2 Å². The van der Waals surface area contributed by atoms with Crippen LogP contribution in [-0.2, 0) is 24.3 Å². The summed E-state index contributed by atoms with van der Waals surface area (Å²) in [6.45, 7) is 5.36. The van der Waals surface area contributed by atoms with Crippen LogP contribution in [0.5, 0.6) is 0 Å². The zero-order valence-electron chi connectivity index (χ0n) is 18.4. The minimum Gasteiger partial charge on any atom is -1.00 e. The first-order valence-corrected chi connectivity index (χ1v) is 11.7. The molecule has 4 nitrogen and oxygen atoms in total. The van der Waals surface area contributed by atoms with Gasteiger partial charge in [0.1, 0.15) is 6.20 Å². The number of halogens is 3. The highest BCUT2D eigenvalue weighted by Crippen LogP contribution is 2.30. The van der Waals surface area contributed by atoms with Crippen molar-refractivity contribution < 1.29 is 21.8 Å². The van der Waals surface area contributed by atoms with Crippen molar-refractivity contribution in [2.24, 2.45) is 0 Å². The van der Waals surface area contributed by atoms with Crippen LogP contribution in [0.15, 0.2) is 54.7 Å². The molecule has 0 unspecified atom stereocenters. The van der Waals surface area contributed by atoms with Crippen molar-refractivity contribution in [2.75, 3.05) is 4.90 Å². The molecule has 0 fully saturated rings. The second kappa shape index (κ2) is 10.7. The lowest BCUT2D eigenvalue weighted by molar-refractivity contribution is -0.691. The molecule has 7 heteroatoms. The maximum absolute atomic E-state index is 13.4. The normalized spacial score (nSPS) is 13.3. The Balaban J connectivity index is 0.00000289. The summed E-state index contributed by atoms with van der Waals surface area (Å²) >= 11 is 12.4. The molecule has 0 saturated carbocycles. The number of hydrogen-bond donors (Lipinski definition) is 0. The predicted molar refractivity (Wildman–Crippen MR) is 127 cm³/mol. The molecule has 0 radical (unpaired) electrons. The molecule has 0 bridgehead atoms. The molecule has 1 amide bonds. The van der Waals surface area contributed by atoms with Crippen LogP contribution in [0.1, 0.15) is 38.9 Å². The summed E-state index contributed by atoms with van der Waals surface area (Å²) in [5.74, 6) is 1.29. The largest absolute Gasteiger partial charge is 1.00 e. The third kappa shape index (κ3) is 5.14. The fourth-order valence-corrected chi connectivity index (χ4v) is 4.71. The molecule has 0 spiro atoms. The Morgan fingerprint density at radius 3 is 2.50 bits per heavy atom. The third-order valence-electron chi connectivity index (χ3n) is 5.83. The van der Waals surface area contributed by atoms with E-state index in [9.17, 15) is 4.79 Å². The second-order valence-corrected chi connectivity index (χ2v) is 9.16. The Kier molecular flexibility index (Phi) is 8.26. The van der Waals surface area contributed by atoms with Crippen molar-refractivity contribution in [3.63, 3.8) is 0 Å². The Hall–Kier alpha value is -2.01. The first kappa shape index (κ1) is 24.6. The average molecular weight is 493 g/mol. The number of carbonyl (C=O) groups excluding carboxylic acids is 1. The Morgan fingerprint density at radius 1 is 1.06 bits per heavy atom. The quantitative estimate of drug-likeness (QED) is 0.504. The molecule has 0 saturated heterocycles. The summed E-state index contributed by atoms with van der Waals surface area (Å²) in [5, 5.41) is 1.09. The maximum atomic E-state index is 13.4. The smallest absolute Gasteiger partial charge is 0.269 e. The highest BCUT2D eigenvalue weighted by molar-refractivity contribution is 6.42. The summed E-state index contributed by atoms with van der Waals surface area (Å²) in [7, 11) is 0. The number of benzene rings is 2. The number of rotatable bonds is 5. The van der Waals surface area contributed by atoms with Gasteiger partial charge < -0.3 is 17.3 Å². The van der Waals surface area contributed by atoms with Crippen molar-refractivity contribution in [3.05, 3.63) is 70.6 Å². The fraction of sp³-hybridized carbons (Fsp3) is 0.360. The Labute approximate surface area is 206 Å². The van der Waals surface area contributed by atoms with E-state index in [0.717, 1.165) is 42.8 Å². The maximum Gasteiger partial charge on any atom is 0.269 e. The predicted octanol–water partition coefficient (Wildman–Crippen LogP) is 2.92. The highest BCUT2D eigenvalue weighted by atomic mass is 35.5. The molecule has 32 heavy (non-hydrogen) atoms. The second-order valence-electron chi connectivity index (χ2n) is 8.34. The number of aromatic nitrogens is 2. The molecule has 1 aliphatic heterocycles. The molecular formula is C25H28Cl3N3O. The van der Waals surface area contributed by atoms with E-state index in [-0.39, 0.29) is 24.4 Å². The summed E-state index contributed by atoms with van der Waals surface area (Å²) < 4.78 is 4.48. The molecule has 2 aromatic carbocycles. The standard InChI is InChI=1S/C25H28Cl2N3O.ClH/c1-18(2)30(20-9-5-3-6-10-20)25(31)17-28-16-23(19-12-13-21(26)22(27)15-19)29-14-8-4-7-11-24(28)29;/h3,5-6,9-10,12-13,15-16,18H,4,7-8,11,14,17H2,1-2H3;1H/q+1;/p-1. The number of amides is 1. The van der Waals surface area contributed by atoms with Gasteiger partial charge in [-0.05, 0) is 63.4 Å². The molecule has 1 aromatic heterocycles. The van der Waals surface area contributed by atoms with Gasteiger partial charge in [-0.25, -0.2) is 9.13 Å². The Morgan fingerprint density at radius 2 is 1.81 bits per heavy atom. The number of anilines is 1.